The Hall–Kier alpha value is -2.21. The van der Waals surface area contributed by atoms with Crippen molar-refractivity contribution >= 4 is 16.8 Å². The summed E-state index contributed by atoms with van der Waals surface area (Å²) in [7, 11) is 3.41. The summed E-state index contributed by atoms with van der Waals surface area (Å²) in [5.41, 5.74) is 0.574. The molecule has 2 rings (SSSR count). The molecule has 0 bridgehead atoms. The van der Waals surface area contributed by atoms with E-state index in [0.717, 1.165) is 12.8 Å². The molecular weight excluding hydrogens is 330 g/mol. The highest BCUT2D eigenvalue weighted by Crippen LogP contribution is 2.23. The molecule has 0 saturated heterocycles. The Kier molecular flexibility index (Phi) is 7.33. The van der Waals surface area contributed by atoms with Gasteiger partial charge in [0, 0.05) is 20.6 Å². The zero-order valence-electron chi connectivity index (χ0n) is 16.2. The van der Waals surface area contributed by atoms with E-state index < -0.39 is 0 Å². The predicted molar refractivity (Wildman–Crippen MR) is 103 cm³/mol. The standard InChI is InChI=1S/C20H29N3O3/c1-5-7-12-18(24)22(3)17(6-2)19-21-16-11-9-8-10-15(16)20(25)23(19)13-14-26-4/h8-11,17H,5-7,12-14H2,1-4H3. The van der Waals surface area contributed by atoms with E-state index in [1.807, 2.05) is 25.1 Å². The molecule has 6 nitrogen and oxygen atoms in total. The molecule has 0 fully saturated rings. The number of ether oxygens (including phenoxy) is 1. The van der Waals surface area contributed by atoms with Crippen LogP contribution in [-0.2, 0) is 16.1 Å². The van der Waals surface area contributed by atoms with Gasteiger partial charge in [-0.05, 0) is 25.0 Å². The van der Waals surface area contributed by atoms with Crippen LogP contribution in [0.1, 0.15) is 51.4 Å². The Bertz CT molecular complexity index is 800. The van der Waals surface area contributed by atoms with Gasteiger partial charge in [-0.2, -0.15) is 0 Å². The van der Waals surface area contributed by atoms with Crippen molar-refractivity contribution in [1.29, 1.82) is 0 Å². The van der Waals surface area contributed by atoms with Gasteiger partial charge in [0.25, 0.3) is 5.56 Å². The summed E-state index contributed by atoms with van der Waals surface area (Å²) in [5.74, 6) is 0.708. The Morgan fingerprint density at radius 2 is 2.04 bits per heavy atom. The number of unbranched alkanes of at least 4 members (excludes halogenated alkanes) is 1. The van der Waals surface area contributed by atoms with E-state index in [4.69, 9.17) is 9.72 Å². The van der Waals surface area contributed by atoms with Crippen molar-refractivity contribution < 1.29 is 9.53 Å². The molecule has 26 heavy (non-hydrogen) atoms. The van der Waals surface area contributed by atoms with Gasteiger partial charge in [-0.3, -0.25) is 14.2 Å². The number of rotatable bonds is 9. The maximum absolute atomic E-state index is 13.0. The van der Waals surface area contributed by atoms with Crippen LogP contribution >= 0.6 is 0 Å². The zero-order chi connectivity index (χ0) is 19.1. The molecule has 1 atom stereocenters. The monoisotopic (exact) mass is 359 g/mol. The predicted octanol–water partition coefficient (Wildman–Crippen LogP) is 3.14. The topological polar surface area (TPSA) is 64.4 Å². The Morgan fingerprint density at radius 3 is 2.69 bits per heavy atom. The largest absolute Gasteiger partial charge is 0.383 e. The van der Waals surface area contributed by atoms with E-state index in [1.165, 1.54) is 0 Å². The van der Waals surface area contributed by atoms with Gasteiger partial charge >= 0.3 is 0 Å². The first-order valence-electron chi connectivity index (χ1n) is 9.29. The van der Waals surface area contributed by atoms with Crippen molar-refractivity contribution in [3.05, 3.63) is 40.4 Å². The maximum atomic E-state index is 13.0. The van der Waals surface area contributed by atoms with E-state index in [9.17, 15) is 9.59 Å². The molecule has 1 unspecified atom stereocenters. The van der Waals surface area contributed by atoms with E-state index in [1.54, 1.807) is 29.7 Å². The fourth-order valence-electron chi connectivity index (χ4n) is 3.15. The SMILES string of the molecule is CCCCC(=O)N(C)C(CC)c1nc2ccccc2c(=O)n1CCOC. The number of amides is 1. The molecule has 6 heteroatoms. The number of hydrogen-bond donors (Lipinski definition) is 0. The summed E-state index contributed by atoms with van der Waals surface area (Å²) in [6, 6.07) is 7.09. The number of aromatic nitrogens is 2. The number of nitrogens with zero attached hydrogens (tertiary/aromatic N) is 3. The fraction of sp³-hybridized carbons (Fsp3) is 0.550. The molecular formula is C20H29N3O3. The summed E-state index contributed by atoms with van der Waals surface area (Å²) >= 11 is 0. The number of benzene rings is 1. The minimum atomic E-state index is -0.242. The van der Waals surface area contributed by atoms with Crippen LogP contribution in [-0.4, -0.2) is 41.1 Å². The zero-order valence-corrected chi connectivity index (χ0v) is 16.2. The van der Waals surface area contributed by atoms with Crippen molar-refractivity contribution in [3.63, 3.8) is 0 Å². The lowest BCUT2D eigenvalue weighted by molar-refractivity contribution is -0.132. The molecule has 0 aliphatic rings. The summed E-state index contributed by atoms with van der Waals surface area (Å²) < 4.78 is 6.83. The minimum absolute atomic E-state index is 0.0828. The van der Waals surface area contributed by atoms with Crippen LogP contribution in [0.4, 0.5) is 0 Å². The summed E-state index contributed by atoms with van der Waals surface area (Å²) in [5, 5.41) is 0.585. The smallest absolute Gasteiger partial charge is 0.261 e. The van der Waals surface area contributed by atoms with Gasteiger partial charge in [-0.15, -0.1) is 0 Å². The van der Waals surface area contributed by atoms with Crippen LogP contribution in [0.15, 0.2) is 29.1 Å². The van der Waals surface area contributed by atoms with Gasteiger partial charge in [-0.1, -0.05) is 32.4 Å². The van der Waals surface area contributed by atoms with Crippen molar-refractivity contribution in [3.8, 4) is 0 Å². The molecule has 1 aromatic heterocycles. The number of para-hydroxylation sites is 1. The van der Waals surface area contributed by atoms with Gasteiger partial charge in [0.15, 0.2) is 0 Å². The highest BCUT2D eigenvalue weighted by atomic mass is 16.5. The van der Waals surface area contributed by atoms with Crippen LogP contribution in [0.5, 0.6) is 0 Å². The number of hydrogen-bond acceptors (Lipinski definition) is 4. The maximum Gasteiger partial charge on any atom is 0.261 e. The molecule has 1 aromatic carbocycles. The van der Waals surface area contributed by atoms with Crippen molar-refractivity contribution in [2.45, 2.75) is 52.1 Å². The quantitative estimate of drug-likeness (QED) is 0.690. The Morgan fingerprint density at radius 1 is 1.31 bits per heavy atom. The molecule has 0 aliphatic carbocycles. The molecule has 0 aliphatic heterocycles. The minimum Gasteiger partial charge on any atom is -0.383 e. The van der Waals surface area contributed by atoms with Gasteiger partial charge in [0.1, 0.15) is 5.82 Å². The third kappa shape index (κ3) is 4.30. The molecule has 142 valence electrons. The first kappa shape index (κ1) is 20.1. The lowest BCUT2D eigenvalue weighted by Gasteiger charge is -2.29. The van der Waals surface area contributed by atoms with E-state index >= 15 is 0 Å². The van der Waals surface area contributed by atoms with Gasteiger partial charge in [0.05, 0.1) is 30.1 Å². The number of carbonyl (C=O) groups excluding carboxylic acids is 1. The molecule has 1 heterocycles. The Balaban J connectivity index is 2.53. The highest BCUT2D eigenvalue weighted by molar-refractivity contribution is 5.78. The summed E-state index contributed by atoms with van der Waals surface area (Å²) in [4.78, 5) is 32.0. The first-order valence-corrected chi connectivity index (χ1v) is 9.29. The second-order valence-corrected chi connectivity index (χ2v) is 6.47. The van der Waals surface area contributed by atoms with Crippen molar-refractivity contribution in [2.24, 2.45) is 0 Å². The number of methoxy groups -OCH3 is 1. The van der Waals surface area contributed by atoms with Gasteiger partial charge in [0.2, 0.25) is 5.91 Å². The average molecular weight is 359 g/mol. The molecule has 1 amide bonds. The highest BCUT2D eigenvalue weighted by Gasteiger charge is 2.25. The second-order valence-electron chi connectivity index (χ2n) is 6.47. The molecule has 0 spiro atoms. The fourth-order valence-corrected chi connectivity index (χ4v) is 3.15. The molecule has 0 saturated carbocycles. The van der Waals surface area contributed by atoms with Gasteiger partial charge < -0.3 is 9.64 Å². The number of fused-ring (bicyclic) bond motifs is 1. The van der Waals surface area contributed by atoms with Crippen LogP contribution in [0.2, 0.25) is 0 Å². The van der Waals surface area contributed by atoms with E-state index in [2.05, 4.69) is 6.92 Å². The summed E-state index contributed by atoms with van der Waals surface area (Å²) in [6.45, 7) is 4.90. The van der Waals surface area contributed by atoms with Crippen molar-refractivity contribution in [1.82, 2.24) is 14.5 Å². The molecule has 0 radical (unpaired) electrons. The normalized spacial score (nSPS) is 12.3. The lowest BCUT2D eigenvalue weighted by atomic mass is 10.1. The van der Waals surface area contributed by atoms with E-state index in [-0.39, 0.29) is 17.5 Å². The Labute approximate surface area is 154 Å². The summed E-state index contributed by atoms with van der Waals surface area (Å²) in [6.07, 6.45) is 3.04. The molecule has 0 N–H and O–H groups in total. The average Bonchev–Trinajstić information content (AvgIpc) is 2.66. The van der Waals surface area contributed by atoms with Crippen LogP contribution in [0.25, 0.3) is 10.9 Å². The van der Waals surface area contributed by atoms with E-state index in [0.29, 0.717) is 42.7 Å². The molecule has 2 aromatic rings. The third-order valence-electron chi connectivity index (χ3n) is 4.70. The van der Waals surface area contributed by atoms with Crippen LogP contribution in [0, 0.1) is 0 Å². The van der Waals surface area contributed by atoms with Gasteiger partial charge in [-0.25, -0.2) is 4.98 Å². The third-order valence-corrected chi connectivity index (χ3v) is 4.70. The second kappa shape index (κ2) is 9.48. The number of carbonyl (C=O) groups is 1. The van der Waals surface area contributed by atoms with Crippen molar-refractivity contribution in [2.75, 3.05) is 20.8 Å². The first-order chi connectivity index (χ1) is 12.5. The van der Waals surface area contributed by atoms with Crippen LogP contribution < -0.4 is 5.56 Å². The van der Waals surface area contributed by atoms with Crippen LogP contribution in [0.3, 0.4) is 0 Å². The lowest BCUT2D eigenvalue weighted by Crippen LogP contribution is -2.36.